The van der Waals surface area contributed by atoms with Gasteiger partial charge in [0.05, 0.1) is 16.9 Å². The van der Waals surface area contributed by atoms with Crippen molar-refractivity contribution in [3.8, 4) is 0 Å². The molecule has 0 saturated carbocycles. The van der Waals surface area contributed by atoms with Gasteiger partial charge in [-0.25, -0.2) is 4.98 Å². The molecule has 1 aromatic carbocycles. The fourth-order valence-corrected chi connectivity index (χ4v) is 2.73. The molecule has 0 amide bonds. The molecule has 6 heteroatoms. The van der Waals surface area contributed by atoms with Crippen LogP contribution in [0, 0.1) is 0 Å². The summed E-state index contributed by atoms with van der Waals surface area (Å²) < 4.78 is 14.5. The van der Waals surface area contributed by atoms with E-state index in [0.29, 0.717) is 12.4 Å². The largest absolute Gasteiger partial charge is 0.326 e. The molecule has 2 unspecified atom stereocenters. The first kappa shape index (κ1) is 14.0. The van der Waals surface area contributed by atoms with Gasteiger partial charge in [-0.15, -0.1) is 11.6 Å². The second-order valence-electron chi connectivity index (χ2n) is 4.21. The lowest BCUT2D eigenvalue weighted by Crippen LogP contribution is -2.18. The predicted molar refractivity (Wildman–Crippen MR) is 80.5 cm³/mol. The minimum Gasteiger partial charge on any atom is -0.326 e. The average molecular weight is 350 g/mol. The van der Waals surface area contributed by atoms with Crippen LogP contribution in [-0.4, -0.2) is 25.3 Å². The maximum Gasteiger partial charge on any atom is 0.124 e. The van der Waals surface area contributed by atoms with Crippen LogP contribution in [0.3, 0.4) is 0 Å². The van der Waals surface area contributed by atoms with Gasteiger partial charge in [-0.05, 0) is 25.1 Å². The number of hydrogen-bond acceptors (Lipinski definition) is 2. The summed E-state index contributed by atoms with van der Waals surface area (Å²) in [6, 6.07) is 5.95. The van der Waals surface area contributed by atoms with Crippen LogP contribution >= 0.6 is 27.5 Å². The molecule has 0 aliphatic carbocycles. The second-order valence-corrected chi connectivity index (χ2v) is 7.20. The molecule has 0 spiro atoms. The van der Waals surface area contributed by atoms with Gasteiger partial charge in [-0.1, -0.05) is 15.9 Å². The standard InChI is InChI=1S/C12H14BrClN2OS/c1-8(18(2)17)7-16-11-4-3-9(13)5-10(11)15-12(16)6-14/h3-5,8H,6-7H2,1-2H3. The first-order chi connectivity index (χ1) is 8.52. The van der Waals surface area contributed by atoms with Gasteiger partial charge < -0.3 is 4.57 Å². The maximum atomic E-state index is 11.5. The SMILES string of the molecule is CC(Cn1c(CCl)nc2cc(Br)ccc21)S(C)=O. The highest BCUT2D eigenvalue weighted by Gasteiger charge is 2.14. The lowest BCUT2D eigenvalue weighted by molar-refractivity contribution is 0.641. The topological polar surface area (TPSA) is 34.9 Å². The fraction of sp³-hybridized carbons (Fsp3) is 0.417. The molecule has 2 aromatic rings. The van der Waals surface area contributed by atoms with Crippen LogP contribution in [0.1, 0.15) is 12.7 Å². The summed E-state index contributed by atoms with van der Waals surface area (Å²) in [6.07, 6.45) is 1.72. The van der Waals surface area contributed by atoms with Crippen molar-refractivity contribution in [1.29, 1.82) is 0 Å². The van der Waals surface area contributed by atoms with Crippen LogP contribution in [0.4, 0.5) is 0 Å². The predicted octanol–water partition coefficient (Wildman–Crippen LogP) is 3.30. The summed E-state index contributed by atoms with van der Waals surface area (Å²) in [6.45, 7) is 2.64. The molecule has 0 N–H and O–H groups in total. The van der Waals surface area contributed by atoms with Crippen LogP contribution in [-0.2, 0) is 23.2 Å². The Morgan fingerprint density at radius 2 is 2.28 bits per heavy atom. The zero-order chi connectivity index (χ0) is 13.3. The van der Waals surface area contributed by atoms with E-state index >= 15 is 0 Å². The van der Waals surface area contributed by atoms with E-state index < -0.39 is 10.8 Å². The Kier molecular flexibility index (Phi) is 4.45. The van der Waals surface area contributed by atoms with Crippen LogP contribution < -0.4 is 0 Å². The van der Waals surface area contributed by atoms with Gasteiger partial charge in [0, 0.05) is 33.3 Å². The first-order valence-corrected chi connectivity index (χ1v) is 8.50. The van der Waals surface area contributed by atoms with E-state index in [-0.39, 0.29) is 5.25 Å². The van der Waals surface area contributed by atoms with Gasteiger partial charge >= 0.3 is 0 Å². The molecule has 2 rings (SSSR count). The molecular formula is C12H14BrClN2OS. The summed E-state index contributed by atoms with van der Waals surface area (Å²) >= 11 is 9.37. The number of rotatable bonds is 4. The monoisotopic (exact) mass is 348 g/mol. The third-order valence-corrected chi connectivity index (χ3v) is 4.93. The van der Waals surface area contributed by atoms with Gasteiger partial charge in [-0.2, -0.15) is 0 Å². The van der Waals surface area contributed by atoms with Crippen molar-refractivity contribution < 1.29 is 4.21 Å². The van der Waals surface area contributed by atoms with Crippen molar-refractivity contribution in [2.24, 2.45) is 0 Å². The zero-order valence-electron chi connectivity index (χ0n) is 10.2. The molecule has 18 heavy (non-hydrogen) atoms. The van der Waals surface area contributed by atoms with Crippen LogP contribution in [0.5, 0.6) is 0 Å². The van der Waals surface area contributed by atoms with Gasteiger partial charge in [-0.3, -0.25) is 4.21 Å². The Labute approximate surface area is 122 Å². The molecule has 0 saturated heterocycles. The van der Waals surface area contributed by atoms with E-state index in [4.69, 9.17) is 11.6 Å². The number of fused-ring (bicyclic) bond motifs is 1. The smallest absolute Gasteiger partial charge is 0.124 e. The summed E-state index contributed by atoms with van der Waals surface area (Å²) in [5, 5.41) is 0.0769. The molecule has 2 atom stereocenters. The molecule has 98 valence electrons. The van der Waals surface area contributed by atoms with Crippen molar-refractivity contribution in [1.82, 2.24) is 9.55 Å². The van der Waals surface area contributed by atoms with E-state index in [1.807, 2.05) is 25.1 Å². The third kappa shape index (κ3) is 2.78. The Morgan fingerprint density at radius 3 is 2.89 bits per heavy atom. The van der Waals surface area contributed by atoms with Gasteiger partial charge in [0.15, 0.2) is 0 Å². The number of nitrogens with zero attached hydrogens (tertiary/aromatic N) is 2. The number of alkyl halides is 1. The molecule has 0 fully saturated rings. The third-order valence-electron chi connectivity index (χ3n) is 2.92. The second kappa shape index (κ2) is 5.72. The lowest BCUT2D eigenvalue weighted by Gasteiger charge is -2.12. The fourth-order valence-electron chi connectivity index (χ4n) is 1.82. The van der Waals surface area contributed by atoms with E-state index in [9.17, 15) is 4.21 Å². The molecule has 1 aromatic heterocycles. The van der Waals surface area contributed by atoms with Crippen LogP contribution in [0.25, 0.3) is 11.0 Å². The van der Waals surface area contributed by atoms with Crippen molar-refractivity contribution >= 4 is 49.4 Å². The van der Waals surface area contributed by atoms with Gasteiger partial charge in [0.1, 0.15) is 5.82 Å². The summed E-state index contributed by atoms with van der Waals surface area (Å²) in [4.78, 5) is 4.51. The molecule has 0 bridgehead atoms. The Balaban J connectivity index is 2.50. The number of hydrogen-bond donors (Lipinski definition) is 0. The van der Waals surface area contributed by atoms with Crippen molar-refractivity contribution in [2.75, 3.05) is 6.26 Å². The highest BCUT2D eigenvalue weighted by atomic mass is 79.9. The Hall–Kier alpha value is -0.390. The Morgan fingerprint density at radius 1 is 1.56 bits per heavy atom. The number of halogens is 2. The minimum atomic E-state index is -0.853. The summed E-state index contributed by atoms with van der Waals surface area (Å²) in [7, 11) is -0.853. The molecule has 0 aliphatic rings. The van der Waals surface area contributed by atoms with Gasteiger partial charge in [0.25, 0.3) is 0 Å². The van der Waals surface area contributed by atoms with E-state index in [1.54, 1.807) is 6.26 Å². The van der Waals surface area contributed by atoms with Crippen LogP contribution in [0.15, 0.2) is 22.7 Å². The van der Waals surface area contributed by atoms with Crippen molar-refractivity contribution in [3.63, 3.8) is 0 Å². The quantitative estimate of drug-likeness (QED) is 0.794. The average Bonchev–Trinajstić information content (AvgIpc) is 2.66. The molecule has 3 nitrogen and oxygen atoms in total. The molecule has 1 heterocycles. The van der Waals surface area contributed by atoms with Crippen molar-refractivity contribution in [2.45, 2.75) is 24.6 Å². The molecular weight excluding hydrogens is 336 g/mol. The molecule has 0 radical (unpaired) electrons. The summed E-state index contributed by atoms with van der Waals surface area (Å²) in [5.74, 6) is 1.18. The highest BCUT2D eigenvalue weighted by Crippen LogP contribution is 2.22. The number of imidazole rings is 1. The summed E-state index contributed by atoms with van der Waals surface area (Å²) in [5.41, 5.74) is 1.94. The normalized spacial score (nSPS) is 14.9. The number of aromatic nitrogens is 2. The maximum absolute atomic E-state index is 11.5. The van der Waals surface area contributed by atoms with Gasteiger partial charge in [0.2, 0.25) is 0 Å². The zero-order valence-corrected chi connectivity index (χ0v) is 13.3. The van der Waals surface area contributed by atoms with Crippen molar-refractivity contribution in [3.05, 3.63) is 28.5 Å². The minimum absolute atomic E-state index is 0.0769. The highest BCUT2D eigenvalue weighted by molar-refractivity contribution is 9.10. The first-order valence-electron chi connectivity index (χ1n) is 5.55. The Bertz CT molecular complexity index is 599. The van der Waals surface area contributed by atoms with E-state index in [2.05, 4.69) is 25.5 Å². The number of benzene rings is 1. The van der Waals surface area contributed by atoms with Crippen LogP contribution in [0.2, 0.25) is 0 Å². The molecule has 0 aliphatic heterocycles. The van der Waals surface area contributed by atoms with E-state index in [1.165, 1.54) is 0 Å². The van der Waals surface area contributed by atoms with E-state index in [0.717, 1.165) is 21.3 Å². The lowest BCUT2D eigenvalue weighted by atomic mass is 10.3.